The lowest BCUT2D eigenvalue weighted by Crippen LogP contribution is -2.29. The average molecular weight is 170 g/mol. The highest BCUT2D eigenvalue weighted by Crippen LogP contribution is 2.34. The highest BCUT2D eigenvalue weighted by Gasteiger charge is 2.28. The molecule has 1 saturated carbocycles. The van der Waals surface area contributed by atoms with Crippen LogP contribution in [-0.4, -0.2) is 10.7 Å². The van der Waals surface area contributed by atoms with Crippen LogP contribution in [0.1, 0.15) is 58.8 Å². The van der Waals surface area contributed by atoms with Gasteiger partial charge in [-0.2, -0.15) is 0 Å². The van der Waals surface area contributed by atoms with Gasteiger partial charge in [-0.3, -0.25) is 0 Å². The van der Waals surface area contributed by atoms with Gasteiger partial charge in [-0.15, -0.1) is 0 Å². The van der Waals surface area contributed by atoms with E-state index in [1.54, 1.807) is 0 Å². The van der Waals surface area contributed by atoms with Crippen molar-refractivity contribution >= 4 is 0 Å². The van der Waals surface area contributed by atoms with Crippen LogP contribution < -0.4 is 0 Å². The normalized spacial score (nSPS) is 20.2. The van der Waals surface area contributed by atoms with Gasteiger partial charge in [-0.05, 0) is 25.2 Å². The second kappa shape index (κ2) is 4.27. The van der Waals surface area contributed by atoms with Crippen LogP contribution in [0.25, 0.3) is 0 Å². The minimum atomic E-state index is -0.352. The summed E-state index contributed by atoms with van der Waals surface area (Å²) < 4.78 is 0. The summed E-state index contributed by atoms with van der Waals surface area (Å²) in [7, 11) is 0. The van der Waals surface area contributed by atoms with Crippen LogP contribution in [0.4, 0.5) is 0 Å². The number of hydrogen-bond donors (Lipinski definition) is 1. The van der Waals surface area contributed by atoms with Crippen LogP contribution in [0.3, 0.4) is 0 Å². The largest absolute Gasteiger partial charge is 0.390 e. The molecule has 0 unspecified atom stereocenters. The van der Waals surface area contributed by atoms with Crippen molar-refractivity contribution in [3.63, 3.8) is 0 Å². The molecule has 72 valence electrons. The minimum Gasteiger partial charge on any atom is -0.390 e. The Kier molecular flexibility index (Phi) is 3.57. The SMILES string of the molecule is CCC(O)(CC)CC1CCCC1. The monoisotopic (exact) mass is 170 g/mol. The third-order valence-corrected chi connectivity index (χ3v) is 3.46. The molecule has 0 aliphatic heterocycles. The van der Waals surface area contributed by atoms with Crippen molar-refractivity contribution in [2.75, 3.05) is 0 Å². The maximum atomic E-state index is 10.1. The molecule has 1 aliphatic carbocycles. The zero-order chi connectivity index (χ0) is 9.03. The van der Waals surface area contributed by atoms with Gasteiger partial charge in [0.15, 0.2) is 0 Å². The van der Waals surface area contributed by atoms with Crippen LogP contribution in [-0.2, 0) is 0 Å². The van der Waals surface area contributed by atoms with E-state index in [1.807, 2.05) is 0 Å². The lowest BCUT2D eigenvalue weighted by atomic mass is 9.85. The molecule has 0 amide bonds. The highest BCUT2D eigenvalue weighted by atomic mass is 16.3. The summed E-state index contributed by atoms with van der Waals surface area (Å²) in [6.45, 7) is 4.19. The summed E-state index contributed by atoms with van der Waals surface area (Å²) in [5.41, 5.74) is -0.352. The first-order valence-corrected chi connectivity index (χ1v) is 5.42. The molecular formula is C11H22O. The first-order valence-electron chi connectivity index (χ1n) is 5.42. The Labute approximate surface area is 76.2 Å². The van der Waals surface area contributed by atoms with Crippen molar-refractivity contribution in [3.8, 4) is 0 Å². The Morgan fingerprint density at radius 1 is 1.17 bits per heavy atom. The van der Waals surface area contributed by atoms with E-state index >= 15 is 0 Å². The third kappa shape index (κ3) is 2.48. The van der Waals surface area contributed by atoms with E-state index in [4.69, 9.17) is 0 Å². The summed E-state index contributed by atoms with van der Waals surface area (Å²) in [5.74, 6) is 0.815. The fourth-order valence-corrected chi connectivity index (χ4v) is 2.29. The molecule has 0 atom stereocenters. The molecule has 0 heterocycles. The molecule has 1 aliphatic rings. The molecule has 0 aromatic carbocycles. The molecule has 0 aromatic rings. The number of rotatable bonds is 4. The maximum absolute atomic E-state index is 10.1. The Morgan fingerprint density at radius 3 is 2.08 bits per heavy atom. The van der Waals surface area contributed by atoms with E-state index in [0.29, 0.717) is 0 Å². The number of hydrogen-bond acceptors (Lipinski definition) is 1. The van der Waals surface area contributed by atoms with E-state index < -0.39 is 0 Å². The van der Waals surface area contributed by atoms with Gasteiger partial charge in [0.25, 0.3) is 0 Å². The lowest BCUT2D eigenvalue weighted by Gasteiger charge is -2.28. The van der Waals surface area contributed by atoms with Gasteiger partial charge in [-0.1, -0.05) is 39.5 Å². The maximum Gasteiger partial charge on any atom is 0.0645 e. The van der Waals surface area contributed by atoms with E-state index in [0.717, 1.165) is 25.2 Å². The third-order valence-electron chi connectivity index (χ3n) is 3.46. The molecule has 1 rings (SSSR count). The predicted octanol–water partition coefficient (Wildman–Crippen LogP) is 3.12. The fraction of sp³-hybridized carbons (Fsp3) is 1.00. The molecule has 1 heteroatoms. The zero-order valence-corrected chi connectivity index (χ0v) is 8.47. The summed E-state index contributed by atoms with van der Waals surface area (Å²) >= 11 is 0. The molecule has 12 heavy (non-hydrogen) atoms. The molecule has 1 fully saturated rings. The van der Waals surface area contributed by atoms with E-state index in [1.165, 1.54) is 25.7 Å². The van der Waals surface area contributed by atoms with Crippen LogP contribution >= 0.6 is 0 Å². The molecule has 1 nitrogen and oxygen atoms in total. The van der Waals surface area contributed by atoms with Crippen LogP contribution in [0.2, 0.25) is 0 Å². The highest BCUT2D eigenvalue weighted by molar-refractivity contribution is 4.81. The molecule has 0 saturated heterocycles. The fourth-order valence-electron chi connectivity index (χ4n) is 2.29. The molecule has 0 bridgehead atoms. The van der Waals surface area contributed by atoms with Gasteiger partial charge in [-0.25, -0.2) is 0 Å². The molecule has 0 spiro atoms. The Balaban J connectivity index is 2.35. The molecule has 0 aromatic heterocycles. The molecule has 1 N–H and O–H groups in total. The van der Waals surface area contributed by atoms with Gasteiger partial charge in [0, 0.05) is 0 Å². The molecule has 0 radical (unpaired) electrons. The van der Waals surface area contributed by atoms with Crippen molar-refractivity contribution in [1.82, 2.24) is 0 Å². The lowest BCUT2D eigenvalue weighted by molar-refractivity contribution is 0.00863. The van der Waals surface area contributed by atoms with Crippen molar-refractivity contribution in [1.29, 1.82) is 0 Å². The topological polar surface area (TPSA) is 20.2 Å². The van der Waals surface area contributed by atoms with E-state index in [-0.39, 0.29) is 5.60 Å². The minimum absolute atomic E-state index is 0.352. The standard InChI is InChI=1S/C11H22O/c1-3-11(12,4-2)9-10-7-5-6-8-10/h10,12H,3-9H2,1-2H3. The van der Waals surface area contributed by atoms with Gasteiger partial charge in [0.2, 0.25) is 0 Å². The smallest absolute Gasteiger partial charge is 0.0645 e. The Morgan fingerprint density at radius 2 is 1.67 bits per heavy atom. The van der Waals surface area contributed by atoms with Crippen LogP contribution in [0.15, 0.2) is 0 Å². The average Bonchev–Trinajstić information content (AvgIpc) is 2.57. The van der Waals surface area contributed by atoms with Crippen LogP contribution in [0, 0.1) is 5.92 Å². The first-order chi connectivity index (χ1) is 5.70. The quantitative estimate of drug-likeness (QED) is 0.687. The van der Waals surface area contributed by atoms with Crippen molar-refractivity contribution < 1.29 is 5.11 Å². The summed E-state index contributed by atoms with van der Waals surface area (Å²) in [6.07, 6.45) is 8.34. The molecular weight excluding hydrogens is 148 g/mol. The van der Waals surface area contributed by atoms with Gasteiger partial charge < -0.3 is 5.11 Å². The Bertz CT molecular complexity index is 121. The van der Waals surface area contributed by atoms with Gasteiger partial charge in [0.05, 0.1) is 5.60 Å². The van der Waals surface area contributed by atoms with Gasteiger partial charge in [0.1, 0.15) is 0 Å². The predicted molar refractivity (Wildman–Crippen MR) is 52.1 cm³/mol. The Hall–Kier alpha value is -0.0400. The van der Waals surface area contributed by atoms with Gasteiger partial charge >= 0.3 is 0 Å². The van der Waals surface area contributed by atoms with E-state index in [9.17, 15) is 5.11 Å². The zero-order valence-electron chi connectivity index (χ0n) is 8.47. The van der Waals surface area contributed by atoms with E-state index in [2.05, 4.69) is 13.8 Å². The van der Waals surface area contributed by atoms with Crippen LogP contribution in [0.5, 0.6) is 0 Å². The number of aliphatic hydroxyl groups is 1. The van der Waals surface area contributed by atoms with Crippen molar-refractivity contribution in [2.45, 2.75) is 64.4 Å². The second-order valence-electron chi connectivity index (χ2n) is 4.29. The summed E-state index contributed by atoms with van der Waals surface area (Å²) in [4.78, 5) is 0. The first kappa shape index (κ1) is 10.0. The summed E-state index contributed by atoms with van der Waals surface area (Å²) in [6, 6.07) is 0. The van der Waals surface area contributed by atoms with Crippen molar-refractivity contribution in [2.24, 2.45) is 5.92 Å². The van der Waals surface area contributed by atoms with Crippen molar-refractivity contribution in [3.05, 3.63) is 0 Å². The summed E-state index contributed by atoms with van der Waals surface area (Å²) in [5, 5.41) is 10.1. The second-order valence-corrected chi connectivity index (χ2v) is 4.29.